The van der Waals surface area contributed by atoms with E-state index in [9.17, 15) is 0 Å². The fraction of sp³-hybridized carbons (Fsp3) is 0.375. The Morgan fingerprint density at radius 2 is 2.16 bits per heavy atom. The first-order valence-electron chi connectivity index (χ1n) is 6.91. The molecule has 1 unspecified atom stereocenters. The Bertz CT molecular complexity index is 574. The average Bonchev–Trinajstić information content (AvgIpc) is 2.70. The van der Waals surface area contributed by atoms with Crippen molar-refractivity contribution >= 4 is 15.9 Å². The minimum atomic E-state index is 0.223. The fourth-order valence-corrected chi connectivity index (χ4v) is 3.34. The van der Waals surface area contributed by atoms with Gasteiger partial charge in [-0.1, -0.05) is 34.5 Å². The molecule has 19 heavy (non-hydrogen) atoms. The number of rotatable bonds is 2. The molecule has 1 atom stereocenters. The smallest absolute Gasteiger partial charge is 0.0470 e. The maximum absolute atomic E-state index is 6.26. The molecule has 0 aliphatic heterocycles. The summed E-state index contributed by atoms with van der Waals surface area (Å²) in [6.45, 7) is 0.916. The van der Waals surface area contributed by atoms with Crippen LogP contribution in [-0.4, -0.2) is 4.57 Å². The van der Waals surface area contributed by atoms with Crippen LogP contribution in [0.1, 0.15) is 42.0 Å². The molecular weight excluding hydrogens is 300 g/mol. The zero-order valence-electron chi connectivity index (χ0n) is 11.0. The highest BCUT2D eigenvalue weighted by Crippen LogP contribution is 2.28. The summed E-state index contributed by atoms with van der Waals surface area (Å²) in [5, 5.41) is 0. The van der Waals surface area contributed by atoms with E-state index in [1.807, 2.05) is 0 Å². The van der Waals surface area contributed by atoms with E-state index < -0.39 is 0 Å². The van der Waals surface area contributed by atoms with Crippen molar-refractivity contribution in [1.29, 1.82) is 0 Å². The third-order valence-corrected chi connectivity index (χ3v) is 4.36. The molecule has 3 heteroatoms. The molecule has 1 aliphatic rings. The molecule has 1 heterocycles. The van der Waals surface area contributed by atoms with Crippen LogP contribution in [0.2, 0.25) is 0 Å². The van der Waals surface area contributed by atoms with Crippen LogP contribution in [0.3, 0.4) is 0 Å². The van der Waals surface area contributed by atoms with Gasteiger partial charge in [0, 0.05) is 29.5 Å². The molecular formula is C16H19BrN2. The molecule has 0 saturated heterocycles. The zero-order valence-corrected chi connectivity index (χ0v) is 12.6. The second kappa shape index (κ2) is 5.51. The topological polar surface area (TPSA) is 30.9 Å². The van der Waals surface area contributed by atoms with Gasteiger partial charge in [-0.3, -0.25) is 0 Å². The van der Waals surface area contributed by atoms with Crippen molar-refractivity contribution in [3.63, 3.8) is 0 Å². The first kappa shape index (κ1) is 12.9. The van der Waals surface area contributed by atoms with Gasteiger partial charge in [0.15, 0.2) is 0 Å². The fourth-order valence-electron chi connectivity index (χ4n) is 2.89. The Hall–Kier alpha value is -1.06. The van der Waals surface area contributed by atoms with Crippen LogP contribution in [-0.2, 0) is 13.0 Å². The first-order valence-corrected chi connectivity index (χ1v) is 7.70. The predicted molar refractivity (Wildman–Crippen MR) is 82.2 cm³/mol. The second-order valence-corrected chi connectivity index (χ2v) is 6.31. The van der Waals surface area contributed by atoms with Crippen molar-refractivity contribution < 1.29 is 0 Å². The first-order chi connectivity index (χ1) is 9.22. The van der Waals surface area contributed by atoms with Crippen molar-refractivity contribution in [2.75, 3.05) is 0 Å². The van der Waals surface area contributed by atoms with Gasteiger partial charge in [-0.15, -0.1) is 0 Å². The molecule has 1 aromatic carbocycles. The molecule has 1 aromatic heterocycles. The summed E-state index contributed by atoms with van der Waals surface area (Å²) >= 11 is 3.52. The Labute approximate surface area is 122 Å². The van der Waals surface area contributed by atoms with Gasteiger partial charge in [-0.25, -0.2) is 0 Å². The standard InChI is InChI=1S/C16H19BrN2/c17-14-6-3-4-12(8-14)9-19-10-13-5-1-2-7-16(18)15(13)11-19/h3-4,6,8,10-11,16H,1-2,5,7,9,18H2. The van der Waals surface area contributed by atoms with E-state index >= 15 is 0 Å². The van der Waals surface area contributed by atoms with Gasteiger partial charge in [0.25, 0.3) is 0 Å². The molecule has 2 N–H and O–H groups in total. The van der Waals surface area contributed by atoms with Gasteiger partial charge in [-0.05, 0) is 48.1 Å². The number of nitrogens with two attached hydrogens (primary N) is 1. The van der Waals surface area contributed by atoms with Crippen molar-refractivity contribution in [3.05, 3.63) is 57.8 Å². The van der Waals surface area contributed by atoms with Crippen LogP contribution in [0.5, 0.6) is 0 Å². The van der Waals surface area contributed by atoms with Gasteiger partial charge in [0.1, 0.15) is 0 Å². The van der Waals surface area contributed by atoms with Gasteiger partial charge < -0.3 is 10.3 Å². The second-order valence-electron chi connectivity index (χ2n) is 5.39. The molecule has 100 valence electrons. The molecule has 0 spiro atoms. The molecule has 0 amide bonds. The molecule has 1 aliphatic carbocycles. The summed E-state index contributed by atoms with van der Waals surface area (Å²) in [6, 6.07) is 8.70. The van der Waals surface area contributed by atoms with E-state index in [0.717, 1.165) is 17.4 Å². The van der Waals surface area contributed by atoms with Gasteiger partial charge in [-0.2, -0.15) is 0 Å². The average molecular weight is 319 g/mol. The number of benzene rings is 1. The summed E-state index contributed by atoms with van der Waals surface area (Å²) in [5.41, 5.74) is 10.4. The highest BCUT2D eigenvalue weighted by molar-refractivity contribution is 9.10. The Balaban J connectivity index is 1.85. The summed E-state index contributed by atoms with van der Waals surface area (Å²) in [5.74, 6) is 0. The predicted octanol–water partition coefficient (Wildman–Crippen LogP) is 4.03. The Kier molecular flexibility index (Phi) is 3.76. The molecule has 0 radical (unpaired) electrons. The minimum absolute atomic E-state index is 0.223. The number of fused-ring (bicyclic) bond motifs is 1. The lowest BCUT2D eigenvalue weighted by Gasteiger charge is -2.07. The lowest BCUT2D eigenvalue weighted by Crippen LogP contribution is -2.09. The van der Waals surface area contributed by atoms with E-state index in [2.05, 4.69) is 57.2 Å². The molecule has 0 saturated carbocycles. The summed E-state index contributed by atoms with van der Waals surface area (Å²) in [4.78, 5) is 0. The summed E-state index contributed by atoms with van der Waals surface area (Å²) in [6.07, 6.45) is 9.33. The van der Waals surface area contributed by atoms with Crippen molar-refractivity contribution in [1.82, 2.24) is 4.57 Å². The normalized spacial score (nSPS) is 18.9. The molecule has 0 fully saturated rings. The number of hydrogen-bond donors (Lipinski definition) is 1. The highest BCUT2D eigenvalue weighted by Gasteiger charge is 2.17. The minimum Gasteiger partial charge on any atom is -0.349 e. The van der Waals surface area contributed by atoms with Crippen molar-refractivity contribution in [2.45, 2.75) is 38.3 Å². The molecule has 2 nitrogen and oxygen atoms in total. The maximum Gasteiger partial charge on any atom is 0.0470 e. The quantitative estimate of drug-likeness (QED) is 0.833. The van der Waals surface area contributed by atoms with Crippen molar-refractivity contribution in [2.24, 2.45) is 5.73 Å². The summed E-state index contributed by atoms with van der Waals surface area (Å²) < 4.78 is 3.41. The number of aromatic nitrogens is 1. The van der Waals surface area contributed by atoms with Crippen LogP contribution in [0.4, 0.5) is 0 Å². The van der Waals surface area contributed by atoms with E-state index in [1.54, 1.807) is 0 Å². The summed E-state index contributed by atoms with van der Waals surface area (Å²) in [7, 11) is 0. The largest absolute Gasteiger partial charge is 0.349 e. The maximum atomic E-state index is 6.26. The van der Waals surface area contributed by atoms with E-state index in [0.29, 0.717) is 0 Å². The van der Waals surface area contributed by atoms with Crippen LogP contribution >= 0.6 is 15.9 Å². The third-order valence-electron chi connectivity index (χ3n) is 3.86. The van der Waals surface area contributed by atoms with Gasteiger partial charge in [0.05, 0.1) is 0 Å². The number of hydrogen-bond acceptors (Lipinski definition) is 1. The van der Waals surface area contributed by atoms with Crippen LogP contribution in [0.25, 0.3) is 0 Å². The van der Waals surface area contributed by atoms with E-state index in [-0.39, 0.29) is 6.04 Å². The number of halogens is 1. The SMILES string of the molecule is NC1CCCCc2cn(Cc3cccc(Br)c3)cc21. The van der Waals surface area contributed by atoms with E-state index in [1.165, 1.54) is 36.0 Å². The van der Waals surface area contributed by atoms with Crippen LogP contribution in [0.15, 0.2) is 41.1 Å². The lowest BCUT2D eigenvalue weighted by atomic mass is 10.1. The third kappa shape index (κ3) is 2.93. The lowest BCUT2D eigenvalue weighted by molar-refractivity contribution is 0.610. The number of nitrogens with zero attached hydrogens (tertiary/aromatic N) is 1. The Morgan fingerprint density at radius 1 is 1.26 bits per heavy atom. The van der Waals surface area contributed by atoms with Crippen molar-refractivity contribution in [3.8, 4) is 0 Å². The zero-order chi connectivity index (χ0) is 13.2. The monoisotopic (exact) mass is 318 g/mol. The number of aryl methyl sites for hydroxylation is 1. The molecule has 3 rings (SSSR count). The van der Waals surface area contributed by atoms with Crippen LogP contribution < -0.4 is 5.73 Å². The van der Waals surface area contributed by atoms with Gasteiger partial charge in [0.2, 0.25) is 0 Å². The molecule has 2 aromatic rings. The van der Waals surface area contributed by atoms with Gasteiger partial charge >= 0.3 is 0 Å². The molecule has 0 bridgehead atoms. The van der Waals surface area contributed by atoms with Crippen LogP contribution in [0, 0.1) is 0 Å². The van der Waals surface area contributed by atoms with E-state index in [4.69, 9.17) is 5.73 Å². The highest BCUT2D eigenvalue weighted by atomic mass is 79.9. The Morgan fingerprint density at radius 3 is 3.00 bits per heavy atom.